The van der Waals surface area contributed by atoms with Gasteiger partial charge in [-0.3, -0.25) is 0 Å². The van der Waals surface area contributed by atoms with E-state index >= 15 is 0 Å². The minimum absolute atomic E-state index is 1.11. The lowest BCUT2D eigenvalue weighted by Gasteiger charge is -2.12. The zero-order valence-electron chi connectivity index (χ0n) is 20.9. The Morgan fingerprint density at radius 2 is 1.42 bits per heavy atom. The molecule has 0 N–H and O–H groups in total. The van der Waals surface area contributed by atoms with E-state index in [4.69, 9.17) is 0 Å². The van der Waals surface area contributed by atoms with Crippen LogP contribution in [0.25, 0.3) is 64.4 Å². The molecular weight excluding hydrogens is 478 g/mol. The highest BCUT2D eigenvalue weighted by Gasteiger charge is 2.19. The summed E-state index contributed by atoms with van der Waals surface area (Å²) in [4.78, 5) is 0. The Bertz CT molecular complexity index is 2070. The molecule has 0 amide bonds. The first kappa shape index (κ1) is 21.7. The van der Waals surface area contributed by atoms with Crippen LogP contribution in [0.5, 0.6) is 0 Å². The van der Waals surface area contributed by atoms with Crippen LogP contribution in [0.1, 0.15) is 18.4 Å². The minimum Gasteiger partial charge on any atom is -0.309 e. The van der Waals surface area contributed by atoms with E-state index in [1.807, 2.05) is 11.3 Å². The van der Waals surface area contributed by atoms with Gasteiger partial charge in [-0.2, -0.15) is 0 Å². The zero-order valence-corrected chi connectivity index (χ0v) is 21.7. The minimum atomic E-state index is 1.11. The summed E-state index contributed by atoms with van der Waals surface area (Å²) in [6, 6.07) is 40.1. The Labute approximate surface area is 225 Å². The summed E-state index contributed by atoms with van der Waals surface area (Å²) in [5.74, 6) is 0. The lowest BCUT2D eigenvalue weighted by Crippen LogP contribution is -1.95. The van der Waals surface area contributed by atoms with E-state index in [-0.39, 0.29) is 0 Å². The second-order valence-electron chi connectivity index (χ2n) is 10.0. The molecule has 0 saturated heterocycles. The molecule has 0 fully saturated rings. The van der Waals surface area contributed by atoms with Gasteiger partial charge in [-0.1, -0.05) is 97.1 Å². The summed E-state index contributed by atoms with van der Waals surface area (Å²) in [6.45, 7) is 0. The predicted molar refractivity (Wildman–Crippen MR) is 165 cm³/mol. The zero-order chi connectivity index (χ0) is 25.1. The van der Waals surface area contributed by atoms with E-state index in [1.54, 1.807) is 0 Å². The molecule has 2 heteroatoms. The van der Waals surface area contributed by atoms with E-state index in [1.165, 1.54) is 69.9 Å². The maximum atomic E-state index is 2.45. The lowest BCUT2D eigenvalue weighted by atomic mass is 9.99. The van der Waals surface area contributed by atoms with E-state index in [9.17, 15) is 0 Å². The molecule has 0 aliphatic heterocycles. The van der Waals surface area contributed by atoms with Gasteiger partial charge in [0.15, 0.2) is 0 Å². The number of hydrogen-bond acceptors (Lipinski definition) is 1. The average molecular weight is 504 g/mol. The topological polar surface area (TPSA) is 4.93 Å². The molecule has 0 radical (unpaired) electrons. The van der Waals surface area contributed by atoms with Crippen LogP contribution in [0.2, 0.25) is 0 Å². The molecular formula is C36H25NS. The van der Waals surface area contributed by atoms with Crippen LogP contribution in [0.3, 0.4) is 0 Å². The van der Waals surface area contributed by atoms with E-state index in [0.717, 1.165) is 12.8 Å². The third kappa shape index (κ3) is 3.24. The number of benzene rings is 5. The van der Waals surface area contributed by atoms with Gasteiger partial charge in [0.25, 0.3) is 0 Å². The average Bonchev–Trinajstić information content (AvgIpc) is 3.54. The van der Waals surface area contributed by atoms with E-state index in [0.29, 0.717) is 0 Å². The summed E-state index contributed by atoms with van der Waals surface area (Å²) in [5.41, 5.74) is 8.89. The number of hydrogen-bond donors (Lipinski definition) is 0. The van der Waals surface area contributed by atoms with Gasteiger partial charge in [0.1, 0.15) is 0 Å². The molecule has 0 atom stereocenters. The largest absolute Gasteiger partial charge is 0.309 e. The number of aromatic nitrogens is 1. The first-order valence-electron chi connectivity index (χ1n) is 13.3. The standard InChI is InChI=1S/C36H25NS/c1-3-11-24(12-4-1)26-15-9-16-27(23-26)37-31-20-8-7-17-29(31)34-32(37)21-22-33-35(34)30-19-10-18-28(36(30)38-33)25-13-5-2-6-14-25/h2-3,5-23H,1,4H2. The Morgan fingerprint density at radius 1 is 0.605 bits per heavy atom. The fraction of sp³-hybridized carbons (Fsp3) is 0.0556. The number of rotatable bonds is 3. The van der Waals surface area contributed by atoms with Crippen LogP contribution in [0, 0.1) is 0 Å². The van der Waals surface area contributed by atoms with Crippen molar-refractivity contribution < 1.29 is 0 Å². The summed E-state index contributed by atoms with van der Waals surface area (Å²) < 4.78 is 5.15. The number of fused-ring (bicyclic) bond motifs is 7. The monoisotopic (exact) mass is 503 g/mol. The smallest absolute Gasteiger partial charge is 0.0548 e. The van der Waals surface area contributed by atoms with Crippen LogP contribution in [-0.2, 0) is 0 Å². The third-order valence-corrected chi connectivity index (χ3v) is 9.02. The quantitative estimate of drug-likeness (QED) is 0.226. The molecule has 1 aliphatic rings. The van der Waals surface area contributed by atoms with Crippen molar-refractivity contribution >= 4 is 58.9 Å². The van der Waals surface area contributed by atoms with Gasteiger partial charge in [-0.05, 0) is 65.4 Å². The first-order chi connectivity index (χ1) is 18.9. The van der Waals surface area contributed by atoms with Gasteiger partial charge in [0.05, 0.1) is 11.0 Å². The van der Waals surface area contributed by atoms with Crippen molar-refractivity contribution in [1.29, 1.82) is 0 Å². The summed E-state index contributed by atoms with van der Waals surface area (Å²) in [5, 5.41) is 5.35. The van der Waals surface area contributed by atoms with E-state index < -0.39 is 0 Å². The normalized spacial score (nSPS) is 13.6. The number of allylic oxidation sites excluding steroid dienone is 4. The Morgan fingerprint density at radius 3 is 2.32 bits per heavy atom. The lowest BCUT2D eigenvalue weighted by molar-refractivity contribution is 1.04. The number of nitrogens with zero attached hydrogens (tertiary/aromatic N) is 1. The molecule has 1 aliphatic carbocycles. The maximum Gasteiger partial charge on any atom is 0.0548 e. The summed E-state index contributed by atoms with van der Waals surface area (Å²) in [7, 11) is 0. The van der Waals surface area contributed by atoms with E-state index in [2.05, 4.69) is 132 Å². The van der Waals surface area contributed by atoms with Crippen molar-refractivity contribution in [1.82, 2.24) is 4.57 Å². The second-order valence-corrected chi connectivity index (χ2v) is 11.1. The van der Waals surface area contributed by atoms with Gasteiger partial charge in [0.2, 0.25) is 0 Å². The molecule has 180 valence electrons. The molecule has 2 aromatic heterocycles. The fourth-order valence-corrected chi connectivity index (χ4v) is 7.37. The third-order valence-electron chi connectivity index (χ3n) is 7.81. The molecule has 0 bridgehead atoms. The van der Waals surface area contributed by atoms with Crippen molar-refractivity contribution in [3.63, 3.8) is 0 Å². The summed E-state index contributed by atoms with van der Waals surface area (Å²) >= 11 is 1.91. The highest BCUT2D eigenvalue weighted by molar-refractivity contribution is 7.26. The first-order valence-corrected chi connectivity index (χ1v) is 14.1. The van der Waals surface area contributed by atoms with Gasteiger partial charge in [-0.25, -0.2) is 0 Å². The van der Waals surface area contributed by atoms with Crippen molar-refractivity contribution in [3.8, 4) is 16.8 Å². The Hall–Kier alpha value is -4.40. The van der Waals surface area contributed by atoms with Crippen LogP contribution >= 0.6 is 11.3 Å². The molecule has 2 heterocycles. The Balaban J connectivity index is 1.45. The fourth-order valence-electron chi connectivity index (χ4n) is 6.12. The predicted octanol–water partition coefficient (Wildman–Crippen LogP) is 10.6. The van der Waals surface area contributed by atoms with Crippen molar-refractivity contribution in [3.05, 3.63) is 133 Å². The molecule has 38 heavy (non-hydrogen) atoms. The van der Waals surface area contributed by atoms with Gasteiger partial charge >= 0.3 is 0 Å². The Kier molecular flexibility index (Phi) is 4.89. The number of thiophene rings is 1. The highest BCUT2D eigenvalue weighted by atomic mass is 32.1. The molecule has 7 aromatic rings. The van der Waals surface area contributed by atoms with Crippen LogP contribution in [0.4, 0.5) is 0 Å². The molecule has 1 nitrogen and oxygen atoms in total. The van der Waals surface area contributed by atoms with Crippen LogP contribution in [0.15, 0.2) is 127 Å². The van der Waals surface area contributed by atoms with Crippen LogP contribution < -0.4 is 0 Å². The molecule has 0 unspecified atom stereocenters. The van der Waals surface area contributed by atoms with Gasteiger partial charge in [0, 0.05) is 36.6 Å². The highest BCUT2D eigenvalue weighted by Crippen LogP contribution is 2.46. The SMILES string of the molecule is C1=CC(c2cccc(-n3c4ccccc4c4c5c(ccc43)sc3c(-c4ccccc4)cccc35)c2)=CCC1. The van der Waals surface area contributed by atoms with Crippen molar-refractivity contribution in [2.75, 3.05) is 0 Å². The molecule has 0 saturated carbocycles. The van der Waals surface area contributed by atoms with Gasteiger partial charge in [-0.15, -0.1) is 11.3 Å². The number of para-hydroxylation sites is 1. The molecule has 5 aromatic carbocycles. The van der Waals surface area contributed by atoms with Crippen molar-refractivity contribution in [2.45, 2.75) is 12.8 Å². The second kappa shape index (κ2) is 8.58. The molecule has 8 rings (SSSR count). The van der Waals surface area contributed by atoms with Crippen LogP contribution in [-0.4, -0.2) is 4.57 Å². The molecule has 0 spiro atoms. The summed E-state index contributed by atoms with van der Waals surface area (Å²) in [6.07, 6.45) is 9.15. The van der Waals surface area contributed by atoms with Gasteiger partial charge < -0.3 is 4.57 Å². The van der Waals surface area contributed by atoms with Crippen molar-refractivity contribution in [2.24, 2.45) is 0 Å². The maximum absolute atomic E-state index is 2.45.